The maximum atomic E-state index is 10.5. The lowest BCUT2D eigenvalue weighted by molar-refractivity contribution is -0.277. The van der Waals surface area contributed by atoms with Gasteiger partial charge >= 0.3 is 0 Å². The number of phenols is 2. The highest BCUT2D eigenvalue weighted by atomic mass is 16.7. The third-order valence-electron chi connectivity index (χ3n) is 5.50. The van der Waals surface area contributed by atoms with E-state index in [9.17, 15) is 35.7 Å². The molecule has 0 radical (unpaired) electrons. The first kappa shape index (κ1) is 21.6. The number of aliphatic hydroxyl groups excluding tert-OH is 5. The minimum Gasteiger partial charge on any atom is -0.508 e. The lowest BCUT2D eigenvalue weighted by Crippen LogP contribution is -2.60. The van der Waals surface area contributed by atoms with E-state index in [0.29, 0.717) is 11.1 Å². The molecule has 2 aliphatic heterocycles. The van der Waals surface area contributed by atoms with Gasteiger partial charge in [-0.2, -0.15) is 0 Å². The second kappa shape index (κ2) is 8.50. The van der Waals surface area contributed by atoms with Crippen LogP contribution in [0.1, 0.15) is 17.2 Å². The van der Waals surface area contributed by atoms with E-state index in [4.69, 9.17) is 14.2 Å². The molecule has 2 heterocycles. The summed E-state index contributed by atoms with van der Waals surface area (Å²) in [5.74, 6) is 0.145. The van der Waals surface area contributed by atoms with E-state index in [1.54, 1.807) is 12.1 Å². The van der Waals surface area contributed by atoms with Gasteiger partial charge in [-0.15, -0.1) is 0 Å². The molecule has 1 saturated heterocycles. The van der Waals surface area contributed by atoms with Crippen LogP contribution in [-0.4, -0.2) is 79.2 Å². The molecule has 0 aliphatic carbocycles. The second-order valence-corrected chi connectivity index (χ2v) is 7.64. The van der Waals surface area contributed by atoms with Crippen molar-refractivity contribution in [1.82, 2.24) is 0 Å². The summed E-state index contributed by atoms with van der Waals surface area (Å²) in [6.07, 6.45) is -8.89. The van der Waals surface area contributed by atoms with Crippen molar-refractivity contribution in [3.05, 3.63) is 47.5 Å². The third-order valence-corrected chi connectivity index (χ3v) is 5.50. The first-order chi connectivity index (χ1) is 14.8. The summed E-state index contributed by atoms with van der Waals surface area (Å²) in [6, 6.07) is 8.85. The number of hydrogen-bond acceptors (Lipinski definition) is 10. The Labute approximate surface area is 177 Å². The van der Waals surface area contributed by atoms with Crippen molar-refractivity contribution in [2.45, 2.75) is 49.3 Å². The summed E-state index contributed by atoms with van der Waals surface area (Å²) in [7, 11) is 0. The van der Waals surface area contributed by atoms with Crippen LogP contribution in [0.15, 0.2) is 36.4 Å². The van der Waals surface area contributed by atoms with Gasteiger partial charge in [0.1, 0.15) is 53.5 Å². The Hall–Kier alpha value is -2.60. The molecule has 0 unspecified atom stereocenters. The number of hydrogen-bond donors (Lipinski definition) is 7. The van der Waals surface area contributed by atoms with Crippen LogP contribution < -0.4 is 9.47 Å². The van der Waals surface area contributed by atoms with Crippen molar-refractivity contribution in [3.8, 4) is 23.0 Å². The van der Waals surface area contributed by atoms with E-state index in [-0.39, 0.29) is 29.4 Å². The molecule has 0 aromatic heterocycles. The molecule has 0 amide bonds. The van der Waals surface area contributed by atoms with E-state index in [0.717, 1.165) is 0 Å². The van der Waals surface area contributed by atoms with Crippen molar-refractivity contribution in [2.75, 3.05) is 6.61 Å². The SMILES string of the molecule is OC[C@H]1O[C@H](Oc2cc(O)c3c(c2)O[C@@H](c2ccc(O)cc2)[C@@H](O)C3)[C@H](O)[C@@H](O)[C@@H]1O. The van der Waals surface area contributed by atoms with E-state index < -0.39 is 49.5 Å². The van der Waals surface area contributed by atoms with Gasteiger partial charge in [0.05, 0.1) is 12.7 Å². The number of benzene rings is 2. The van der Waals surface area contributed by atoms with Gasteiger partial charge in [-0.1, -0.05) is 12.1 Å². The molecule has 2 aromatic carbocycles. The van der Waals surface area contributed by atoms with Crippen LogP contribution >= 0.6 is 0 Å². The maximum Gasteiger partial charge on any atom is 0.229 e. The standard InChI is InChI=1S/C21H24O10/c22-8-16-17(26)18(27)19(28)21(31-16)29-11-5-13(24)12-7-14(25)20(30-15(12)6-11)9-1-3-10(23)4-2-9/h1-6,14,16-28H,7-8H2/t14-,16+,17+,18-,19+,20-,21-/m0/s1. The zero-order valence-corrected chi connectivity index (χ0v) is 16.3. The number of phenolic OH excluding ortho intramolecular Hbond substituents is 2. The summed E-state index contributed by atoms with van der Waals surface area (Å²) in [5.41, 5.74) is 0.986. The molecule has 10 nitrogen and oxygen atoms in total. The number of rotatable bonds is 4. The highest BCUT2D eigenvalue weighted by Crippen LogP contribution is 2.42. The number of fused-ring (bicyclic) bond motifs is 1. The molecule has 168 valence electrons. The Morgan fingerprint density at radius 1 is 0.935 bits per heavy atom. The molecule has 1 fully saturated rings. The van der Waals surface area contributed by atoms with Crippen LogP contribution in [0.2, 0.25) is 0 Å². The van der Waals surface area contributed by atoms with Crippen molar-refractivity contribution in [3.63, 3.8) is 0 Å². The number of aromatic hydroxyl groups is 2. The summed E-state index contributed by atoms with van der Waals surface area (Å²) < 4.78 is 16.8. The van der Waals surface area contributed by atoms with Crippen LogP contribution in [0.25, 0.3) is 0 Å². The van der Waals surface area contributed by atoms with Gasteiger partial charge in [0, 0.05) is 24.1 Å². The molecular formula is C21H24O10. The Balaban J connectivity index is 1.58. The van der Waals surface area contributed by atoms with E-state index in [2.05, 4.69) is 0 Å². The van der Waals surface area contributed by atoms with E-state index in [1.807, 2.05) is 0 Å². The van der Waals surface area contributed by atoms with Crippen molar-refractivity contribution < 1.29 is 50.0 Å². The van der Waals surface area contributed by atoms with Gasteiger partial charge in [0.15, 0.2) is 0 Å². The smallest absolute Gasteiger partial charge is 0.229 e. The topological polar surface area (TPSA) is 169 Å². The summed E-state index contributed by atoms with van der Waals surface area (Å²) in [6.45, 7) is -0.602. The highest BCUT2D eigenvalue weighted by Gasteiger charge is 2.45. The van der Waals surface area contributed by atoms with Crippen molar-refractivity contribution in [2.24, 2.45) is 0 Å². The predicted molar refractivity (Wildman–Crippen MR) is 104 cm³/mol. The van der Waals surface area contributed by atoms with Gasteiger partial charge in [-0.3, -0.25) is 0 Å². The Morgan fingerprint density at radius 3 is 2.32 bits per heavy atom. The lowest BCUT2D eigenvalue weighted by Gasteiger charge is -2.39. The molecule has 7 atom stereocenters. The van der Waals surface area contributed by atoms with Crippen LogP contribution in [0.4, 0.5) is 0 Å². The van der Waals surface area contributed by atoms with Crippen molar-refractivity contribution in [1.29, 1.82) is 0 Å². The summed E-state index contributed by atoms with van der Waals surface area (Å²) in [4.78, 5) is 0. The predicted octanol–water partition coefficient (Wildman–Crippen LogP) is -0.686. The van der Waals surface area contributed by atoms with Gasteiger partial charge in [-0.25, -0.2) is 0 Å². The Morgan fingerprint density at radius 2 is 1.65 bits per heavy atom. The fourth-order valence-corrected chi connectivity index (χ4v) is 3.77. The van der Waals surface area contributed by atoms with Crippen LogP contribution in [0, 0.1) is 0 Å². The monoisotopic (exact) mass is 436 g/mol. The molecule has 10 heteroatoms. The molecule has 0 bridgehead atoms. The van der Waals surface area contributed by atoms with Gasteiger partial charge in [0.25, 0.3) is 0 Å². The maximum absolute atomic E-state index is 10.5. The number of ether oxygens (including phenoxy) is 3. The molecule has 0 spiro atoms. The molecule has 31 heavy (non-hydrogen) atoms. The summed E-state index contributed by atoms with van der Waals surface area (Å²) in [5, 5.41) is 69.6. The lowest BCUT2D eigenvalue weighted by atomic mass is 9.94. The quantitative estimate of drug-likeness (QED) is 0.326. The zero-order chi connectivity index (χ0) is 22.3. The van der Waals surface area contributed by atoms with Crippen LogP contribution in [0.5, 0.6) is 23.0 Å². The minimum absolute atomic E-state index is 0.0430. The fraction of sp³-hybridized carbons (Fsp3) is 0.429. The minimum atomic E-state index is -1.61. The molecule has 2 aromatic rings. The molecule has 4 rings (SSSR count). The zero-order valence-electron chi connectivity index (χ0n) is 16.3. The van der Waals surface area contributed by atoms with Crippen LogP contribution in [-0.2, 0) is 11.2 Å². The van der Waals surface area contributed by atoms with Gasteiger partial charge in [0.2, 0.25) is 6.29 Å². The molecule has 7 N–H and O–H groups in total. The molecule has 2 aliphatic rings. The summed E-state index contributed by atoms with van der Waals surface area (Å²) >= 11 is 0. The largest absolute Gasteiger partial charge is 0.508 e. The van der Waals surface area contributed by atoms with Crippen molar-refractivity contribution >= 4 is 0 Å². The van der Waals surface area contributed by atoms with Gasteiger partial charge < -0.3 is 50.0 Å². The fourth-order valence-electron chi connectivity index (χ4n) is 3.77. The average Bonchev–Trinajstić information content (AvgIpc) is 2.75. The first-order valence-electron chi connectivity index (χ1n) is 9.75. The second-order valence-electron chi connectivity index (χ2n) is 7.64. The normalized spacial score (nSPS) is 32.7. The third kappa shape index (κ3) is 4.13. The Bertz CT molecular complexity index is 915. The van der Waals surface area contributed by atoms with Crippen LogP contribution in [0.3, 0.4) is 0 Å². The van der Waals surface area contributed by atoms with E-state index >= 15 is 0 Å². The first-order valence-corrected chi connectivity index (χ1v) is 9.75. The highest BCUT2D eigenvalue weighted by molar-refractivity contribution is 5.52. The molecule has 0 saturated carbocycles. The van der Waals surface area contributed by atoms with Gasteiger partial charge in [-0.05, 0) is 17.7 Å². The average molecular weight is 436 g/mol. The molecular weight excluding hydrogens is 412 g/mol. The number of aliphatic hydroxyl groups is 5. The Kier molecular flexibility index (Phi) is 5.93. The van der Waals surface area contributed by atoms with E-state index in [1.165, 1.54) is 24.3 Å².